The molecule has 1 aliphatic rings. The average Bonchev–Trinajstić information content (AvgIpc) is 2.44. The highest BCUT2D eigenvalue weighted by atomic mass is 16.5. The van der Waals surface area contributed by atoms with Gasteiger partial charge in [0.2, 0.25) is 5.91 Å². The summed E-state index contributed by atoms with van der Waals surface area (Å²) in [4.78, 5) is 33.2. The van der Waals surface area contributed by atoms with Crippen LogP contribution in [0.2, 0.25) is 0 Å². The molecule has 0 saturated heterocycles. The van der Waals surface area contributed by atoms with E-state index < -0.39 is 6.03 Å². The lowest BCUT2D eigenvalue weighted by Gasteiger charge is -2.28. The van der Waals surface area contributed by atoms with Gasteiger partial charge in [0.25, 0.3) is 0 Å². The zero-order valence-corrected chi connectivity index (χ0v) is 12.0. The normalized spacial score (nSPS) is 21.7. The highest BCUT2D eigenvalue weighted by Gasteiger charge is 2.22. The quantitative estimate of drug-likeness (QED) is 0.527. The summed E-state index contributed by atoms with van der Waals surface area (Å²) < 4.78 is 4.62. The van der Waals surface area contributed by atoms with E-state index in [1.54, 1.807) is 0 Å². The monoisotopic (exact) mass is 285 g/mol. The van der Waals surface area contributed by atoms with Gasteiger partial charge in [0.05, 0.1) is 7.11 Å². The van der Waals surface area contributed by atoms with E-state index in [0.717, 1.165) is 32.1 Å². The first-order valence-electron chi connectivity index (χ1n) is 6.91. The van der Waals surface area contributed by atoms with Crippen LogP contribution in [-0.4, -0.2) is 31.1 Å². The molecule has 0 heterocycles. The van der Waals surface area contributed by atoms with Crippen LogP contribution in [-0.2, 0) is 14.3 Å². The molecule has 0 atom stereocenters. The Balaban J connectivity index is 2.16. The third-order valence-corrected chi connectivity index (χ3v) is 3.52. The van der Waals surface area contributed by atoms with Crippen LogP contribution in [0, 0.1) is 5.92 Å². The Bertz CT molecular complexity index is 352. The van der Waals surface area contributed by atoms with Gasteiger partial charge in [0.15, 0.2) is 0 Å². The van der Waals surface area contributed by atoms with Gasteiger partial charge in [-0.3, -0.25) is 15.0 Å². The maximum atomic E-state index is 11.5. The highest BCUT2D eigenvalue weighted by molar-refractivity contribution is 5.79. The number of rotatable bonds is 4. The van der Waals surface area contributed by atoms with E-state index in [-0.39, 0.29) is 17.9 Å². The number of hydrazine groups is 1. The van der Waals surface area contributed by atoms with Gasteiger partial charge in [-0.2, -0.15) is 0 Å². The lowest BCUT2D eigenvalue weighted by molar-refractivity contribution is -0.141. The number of esters is 1. The van der Waals surface area contributed by atoms with Crippen molar-refractivity contribution >= 4 is 17.9 Å². The fraction of sp³-hybridized carbons (Fsp3) is 0.769. The minimum absolute atomic E-state index is 0.123. The van der Waals surface area contributed by atoms with Crippen molar-refractivity contribution in [3.05, 3.63) is 0 Å². The zero-order valence-electron chi connectivity index (χ0n) is 12.0. The zero-order chi connectivity index (χ0) is 15.0. The maximum Gasteiger partial charge on any atom is 0.333 e. The third kappa shape index (κ3) is 6.40. The topological polar surface area (TPSA) is 96.5 Å². The number of ether oxygens (including phenoxy) is 1. The number of amides is 3. The van der Waals surface area contributed by atoms with Crippen molar-refractivity contribution in [1.29, 1.82) is 0 Å². The lowest BCUT2D eigenvalue weighted by Crippen LogP contribution is -2.50. The van der Waals surface area contributed by atoms with Gasteiger partial charge in [-0.1, -0.05) is 0 Å². The number of hydrogen-bond acceptors (Lipinski definition) is 4. The van der Waals surface area contributed by atoms with Crippen molar-refractivity contribution in [2.75, 3.05) is 7.11 Å². The predicted octanol–water partition coefficient (Wildman–Crippen LogP) is 0.849. The summed E-state index contributed by atoms with van der Waals surface area (Å²) in [7, 11) is 1.40. The summed E-state index contributed by atoms with van der Waals surface area (Å²) in [6.45, 7) is 1.33. The Morgan fingerprint density at radius 3 is 2.30 bits per heavy atom. The van der Waals surface area contributed by atoms with Gasteiger partial charge in [-0.25, -0.2) is 10.2 Å². The molecule has 0 aromatic rings. The molecule has 3 amide bonds. The van der Waals surface area contributed by atoms with Gasteiger partial charge >= 0.3 is 12.0 Å². The number of urea groups is 1. The second-order valence-electron chi connectivity index (χ2n) is 5.11. The maximum absolute atomic E-state index is 11.5. The average molecular weight is 285 g/mol. The molecule has 0 aromatic carbocycles. The van der Waals surface area contributed by atoms with Crippen LogP contribution < -0.4 is 16.2 Å². The molecule has 0 unspecified atom stereocenters. The van der Waals surface area contributed by atoms with E-state index in [2.05, 4.69) is 20.9 Å². The summed E-state index contributed by atoms with van der Waals surface area (Å²) in [5.74, 6) is 0.0390. The van der Waals surface area contributed by atoms with E-state index in [4.69, 9.17) is 0 Å². The van der Waals surface area contributed by atoms with E-state index in [1.807, 2.05) is 0 Å². The highest BCUT2D eigenvalue weighted by Crippen LogP contribution is 2.27. The number of methoxy groups -OCH3 is 1. The van der Waals surface area contributed by atoms with Crippen LogP contribution in [0.4, 0.5) is 4.79 Å². The first-order chi connectivity index (χ1) is 9.51. The summed E-state index contributed by atoms with van der Waals surface area (Å²) in [6.07, 6.45) is 5.06. The van der Waals surface area contributed by atoms with Gasteiger partial charge in [0.1, 0.15) is 0 Å². The van der Waals surface area contributed by atoms with Crippen LogP contribution in [0.5, 0.6) is 0 Å². The first-order valence-corrected chi connectivity index (χ1v) is 6.91. The molecule has 0 radical (unpaired) electrons. The summed E-state index contributed by atoms with van der Waals surface area (Å²) in [5.41, 5.74) is 4.51. The number of nitrogens with one attached hydrogen (secondary N) is 3. The van der Waals surface area contributed by atoms with Gasteiger partial charge < -0.3 is 10.1 Å². The summed E-state index contributed by atoms with van der Waals surface area (Å²) in [5, 5.41) is 2.81. The summed E-state index contributed by atoms with van der Waals surface area (Å²) >= 11 is 0. The van der Waals surface area contributed by atoms with Gasteiger partial charge in [-0.15, -0.1) is 0 Å². The SMILES string of the molecule is COC(=O)CC[C@H]1CC[C@H](NC(=O)NNC(C)=O)CC1. The number of hydrogen-bond donors (Lipinski definition) is 3. The van der Waals surface area contributed by atoms with Crippen LogP contribution >= 0.6 is 0 Å². The van der Waals surface area contributed by atoms with Gasteiger partial charge in [0, 0.05) is 19.4 Å². The number of carbonyl (C=O) groups excluding carboxylic acids is 3. The second kappa shape index (κ2) is 8.39. The predicted molar refractivity (Wildman–Crippen MR) is 72.5 cm³/mol. The Kier molecular flexibility index (Phi) is 6.83. The Hall–Kier alpha value is -1.79. The van der Waals surface area contributed by atoms with Crippen LogP contribution in [0.3, 0.4) is 0 Å². The fourth-order valence-electron chi connectivity index (χ4n) is 2.39. The molecule has 3 N–H and O–H groups in total. The van der Waals surface area contributed by atoms with E-state index >= 15 is 0 Å². The van der Waals surface area contributed by atoms with Crippen LogP contribution in [0.1, 0.15) is 45.4 Å². The van der Waals surface area contributed by atoms with Crippen molar-refractivity contribution in [1.82, 2.24) is 16.2 Å². The van der Waals surface area contributed by atoms with E-state index in [1.165, 1.54) is 14.0 Å². The molecule has 1 aliphatic carbocycles. The van der Waals surface area contributed by atoms with Gasteiger partial charge in [-0.05, 0) is 38.0 Å². The molecule has 0 spiro atoms. The molecule has 0 aromatic heterocycles. The molecular weight excluding hydrogens is 262 g/mol. The molecule has 0 bridgehead atoms. The van der Waals surface area contributed by atoms with Crippen molar-refractivity contribution in [3.63, 3.8) is 0 Å². The standard InChI is InChI=1S/C13H23N3O4/c1-9(17)15-16-13(19)14-11-6-3-10(4-7-11)5-8-12(18)20-2/h10-11H,3-8H2,1-2H3,(H,15,17)(H2,14,16,19)/t10-,11-. The molecule has 7 nitrogen and oxygen atoms in total. The largest absolute Gasteiger partial charge is 0.469 e. The summed E-state index contributed by atoms with van der Waals surface area (Å²) in [6, 6.07) is -0.267. The second-order valence-corrected chi connectivity index (χ2v) is 5.11. The molecule has 7 heteroatoms. The fourth-order valence-corrected chi connectivity index (χ4v) is 2.39. The molecule has 1 fully saturated rings. The molecular formula is C13H23N3O4. The molecule has 1 rings (SSSR count). The molecule has 1 saturated carbocycles. The minimum Gasteiger partial charge on any atom is -0.469 e. The molecule has 20 heavy (non-hydrogen) atoms. The third-order valence-electron chi connectivity index (χ3n) is 3.52. The molecule has 114 valence electrons. The van der Waals surface area contributed by atoms with Crippen LogP contribution in [0.15, 0.2) is 0 Å². The van der Waals surface area contributed by atoms with Crippen molar-refractivity contribution in [3.8, 4) is 0 Å². The Morgan fingerprint density at radius 1 is 1.10 bits per heavy atom. The Labute approximate surface area is 118 Å². The van der Waals surface area contributed by atoms with E-state index in [0.29, 0.717) is 12.3 Å². The van der Waals surface area contributed by atoms with Crippen molar-refractivity contribution in [2.24, 2.45) is 5.92 Å². The smallest absolute Gasteiger partial charge is 0.333 e. The van der Waals surface area contributed by atoms with Crippen molar-refractivity contribution < 1.29 is 19.1 Å². The minimum atomic E-state index is -0.391. The lowest BCUT2D eigenvalue weighted by atomic mass is 9.83. The molecule has 0 aliphatic heterocycles. The number of carbonyl (C=O) groups is 3. The van der Waals surface area contributed by atoms with E-state index in [9.17, 15) is 14.4 Å². The first kappa shape index (κ1) is 16.3. The Morgan fingerprint density at radius 2 is 1.75 bits per heavy atom. The van der Waals surface area contributed by atoms with Crippen molar-refractivity contribution in [2.45, 2.75) is 51.5 Å². The van der Waals surface area contributed by atoms with Crippen LogP contribution in [0.25, 0.3) is 0 Å².